The third-order valence-corrected chi connectivity index (χ3v) is 8.77. The Kier molecular flexibility index (Phi) is 10.3. The number of piperazine rings is 1. The van der Waals surface area contributed by atoms with Gasteiger partial charge in [0.05, 0.1) is 22.6 Å². The van der Waals surface area contributed by atoms with Gasteiger partial charge in [0.15, 0.2) is 0 Å². The fourth-order valence-corrected chi connectivity index (χ4v) is 6.28. The van der Waals surface area contributed by atoms with Crippen LogP contribution in [0.25, 0.3) is 11.3 Å². The molecule has 2 aliphatic heterocycles. The van der Waals surface area contributed by atoms with Gasteiger partial charge in [0.25, 0.3) is 0 Å². The quantitative estimate of drug-likeness (QED) is 0.196. The van der Waals surface area contributed by atoms with E-state index in [2.05, 4.69) is 11.0 Å². The van der Waals surface area contributed by atoms with Gasteiger partial charge in [-0.3, -0.25) is 14.7 Å². The fraction of sp³-hybridized carbons (Fsp3) is 0.385. The van der Waals surface area contributed by atoms with E-state index in [1.165, 1.54) is 4.90 Å². The minimum atomic E-state index is -0.590. The van der Waals surface area contributed by atoms with Crippen LogP contribution in [-0.2, 0) is 22.7 Å². The van der Waals surface area contributed by atoms with Crippen molar-refractivity contribution in [3.63, 3.8) is 0 Å². The van der Waals surface area contributed by atoms with Gasteiger partial charge in [-0.15, -0.1) is 0 Å². The zero-order chi connectivity index (χ0) is 34.4. The number of benzene rings is 2. The molecule has 0 N–H and O–H groups in total. The summed E-state index contributed by atoms with van der Waals surface area (Å²) in [6.45, 7) is 11.0. The molecule has 0 saturated carbocycles. The summed E-state index contributed by atoms with van der Waals surface area (Å²) >= 11 is 0. The summed E-state index contributed by atoms with van der Waals surface area (Å²) in [5, 5.41) is 0. The summed E-state index contributed by atoms with van der Waals surface area (Å²) in [5.41, 5.74) is 5.06. The molecule has 2 aliphatic rings. The van der Waals surface area contributed by atoms with E-state index in [0.717, 1.165) is 59.7 Å². The number of piperidine rings is 1. The molecule has 0 unspecified atom stereocenters. The summed E-state index contributed by atoms with van der Waals surface area (Å²) in [6, 6.07) is 28.1. The van der Waals surface area contributed by atoms with Crippen LogP contribution in [0.1, 0.15) is 50.4 Å². The van der Waals surface area contributed by atoms with Gasteiger partial charge in [0.2, 0.25) is 17.7 Å². The first-order chi connectivity index (χ1) is 23.6. The second-order valence-corrected chi connectivity index (χ2v) is 13.6. The molecule has 256 valence electrons. The van der Waals surface area contributed by atoms with Crippen LogP contribution in [0.3, 0.4) is 0 Å². The van der Waals surface area contributed by atoms with Crippen LogP contribution in [0.5, 0.6) is 11.8 Å². The lowest BCUT2D eigenvalue weighted by Crippen LogP contribution is -2.57. The fourth-order valence-electron chi connectivity index (χ4n) is 6.28. The van der Waals surface area contributed by atoms with Crippen molar-refractivity contribution in [3.05, 3.63) is 102 Å². The van der Waals surface area contributed by atoms with Crippen molar-refractivity contribution >= 4 is 17.7 Å². The van der Waals surface area contributed by atoms with Gasteiger partial charge in [-0.25, -0.2) is 4.79 Å². The van der Waals surface area contributed by atoms with E-state index in [9.17, 15) is 9.59 Å². The Balaban J connectivity index is 1.11. The van der Waals surface area contributed by atoms with Crippen LogP contribution in [0.2, 0.25) is 0 Å². The van der Waals surface area contributed by atoms with Crippen molar-refractivity contribution in [2.75, 3.05) is 37.6 Å². The Labute approximate surface area is 288 Å². The number of anilines is 1. The first kappa shape index (κ1) is 33.8. The maximum atomic E-state index is 13.1. The third-order valence-electron chi connectivity index (χ3n) is 8.77. The number of aryl methyl sites for hydroxylation is 1. The number of pyridine rings is 2. The van der Waals surface area contributed by atoms with Crippen LogP contribution < -0.4 is 14.4 Å². The van der Waals surface area contributed by atoms with Gasteiger partial charge in [-0.2, -0.15) is 4.98 Å². The number of amides is 2. The smallest absolute Gasteiger partial charge is 0.410 e. The number of hydrogen-bond donors (Lipinski definition) is 0. The SMILES string of the molecule is Cc1nc(-c2ccc(OCc3ccccc3)nc2OCc2ccccc2)ccc1N1CCC(N2CCN(C(=O)OC(C)(C)C)CC2=O)CC1. The molecule has 10 heteroatoms. The van der Waals surface area contributed by atoms with Crippen LogP contribution in [-0.4, -0.2) is 76.1 Å². The minimum absolute atomic E-state index is 0.0202. The van der Waals surface area contributed by atoms with Gasteiger partial charge in [0, 0.05) is 38.3 Å². The lowest BCUT2D eigenvalue weighted by atomic mass is 10.0. The number of ether oxygens (including phenoxy) is 3. The van der Waals surface area contributed by atoms with Gasteiger partial charge in [-0.1, -0.05) is 60.7 Å². The molecular formula is C39H45N5O5. The maximum absolute atomic E-state index is 13.1. The molecule has 0 radical (unpaired) electrons. The molecule has 49 heavy (non-hydrogen) atoms. The Morgan fingerprint density at radius 2 is 1.45 bits per heavy atom. The van der Waals surface area contributed by atoms with Crippen LogP contribution in [0.4, 0.5) is 10.5 Å². The Morgan fingerprint density at radius 3 is 2.06 bits per heavy atom. The number of rotatable bonds is 9. The standard InChI is InChI=1S/C39H45N5O5/c1-28-34(42-21-19-31(20-22-42)44-24-23-43(25-36(44)45)38(46)49-39(2,3)4)17-16-33(40-28)32-15-18-35(47-26-29-11-7-5-8-12-29)41-37(32)48-27-30-13-9-6-10-14-30/h5-18,31H,19-27H2,1-4H3. The molecule has 0 bridgehead atoms. The van der Waals surface area contributed by atoms with E-state index >= 15 is 0 Å². The van der Waals surface area contributed by atoms with Crippen LogP contribution in [0.15, 0.2) is 84.9 Å². The highest BCUT2D eigenvalue weighted by Crippen LogP contribution is 2.33. The van der Waals surface area contributed by atoms with E-state index in [1.807, 2.05) is 111 Å². The zero-order valence-electron chi connectivity index (χ0n) is 28.8. The van der Waals surface area contributed by atoms with Gasteiger partial charge in [-0.05, 0) is 69.9 Å². The van der Waals surface area contributed by atoms with Crippen LogP contribution in [0, 0.1) is 6.92 Å². The number of nitrogens with zero attached hydrogens (tertiary/aromatic N) is 5. The van der Waals surface area contributed by atoms with E-state index in [1.54, 1.807) is 0 Å². The molecule has 2 saturated heterocycles. The largest absolute Gasteiger partial charge is 0.473 e. The molecule has 2 aromatic heterocycles. The number of carbonyl (C=O) groups is 2. The highest BCUT2D eigenvalue weighted by molar-refractivity contribution is 5.84. The molecular weight excluding hydrogens is 618 g/mol. The van der Waals surface area contributed by atoms with Gasteiger partial charge < -0.3 is 24.0 Å². The summed E-state index contributed by atoms with van der Waals surface area (Å²) in [7, 11) is 0. The molecule has 0 spiro atoms. The van der Waals surface area contributed by atoms with Gasteiger partial charge in [0.1, 0.15) is 25.4 Å². The van der Waals surface area contributed by atoms with Crippen molar-refractivity contribution in [2.45, 2.75) is 65.4 Å². The number of aromatic nitrogens is 2. The Morgan fingerprint density at radius 1 is 0.796 bits per heavy atom. The molecule has 6 rings (SSSR count). The highest BCUT2D eigenvalue weighted by atomic mass is 16.6. The number of carbonyl (C=O) groups excluding carboxylic acids is 2. The first-order valence-electron chi connectivity index (χ1n) is 17.0. The van der Waals surface area contributed by atoms with E-state index in [4.69, 9.17) is 24.2 Å². The Bertz CT molecular complexity index is 1740. The van der Waals surface area contributed by atoms with Crippen molar-refractivity contribution in [1.82, 2.24) is 19.8 Å². The monoisotopic (exact) mass is 663 g/mol. The average Bonchev–Trinajstić information content (AvgIpc) is 3.10. The van der Waals surface area contributed by atoms with Crippen molar-refractivity contribution in [3.8, 4) is 23.0 Å². The van der Waals surface area contributed by atoms with Crippen LogP contribution >= 0.6 is 0 Å². The van der Waals surface area contributed by atoms with Crippen molar-refractivity contribution in [1.29, 1.82) is 0 Å². The van der Waals surface area contributed by atoms with E-state index in [-0.39, 0.29) is 18.5 Å². The molecule has 0 atom stereocenters. The molecule has 0 aliphatic carbocycles. The topological polar surface area (TPSA) is 97.3 Å². The Hall–Kier alpha value is -5.12. The maximum Gasteiger partial charge on any atom is 0.410 e. The lowest BCUT2D eigenvalue weighted by molar-refractivity contribution is -0.139. The summed E-state index contributed by atoms with van der Waals surface area (Å²) in [4.78, 5) is 41.1. The molecule has 2 fully saturated rings. The molecule has 10 nitrogen and oxygen atoms in total. The average molecular weight is 664 g/mol. The predicted octanol–water partition coefficient (Wildman–Crippen LogP) is 6.66. The van der Waals surface area contributed by atoms with E-state index in [0.29, 0.717) is 38.1 Å². The third kappa shape index (κ3) is 8.68. The van der Waals surface area contributed by atoms with Crippen molar-refractivity contribution < 1.29 is 23.8 Å². The van der Waals surface area contributed by atoms with Crippen molar-refractivity contribution in [2.24, 2.45) is 0 Å². The van der Waals surface area contributed by atoms with Gasteiger partial charge >= 0.3 is 6.09 Å². The lowest BCUT2D eigenvalue weighted by Gasteiger charge is -2.43. The molecule has 4 heterocycles. The highest BCUT2D eigenvalue weighted by Gasteiger charge is 2.35. The number of hydrogen-bond acceptors (Lipinski definition) is 8. The normalized spacial score (nSPS) is 15.7. The summed E-state index contributed by atoms with van der Waals surface area (Å²) < 4.78 is 17.8. The summed E-state index contributed by atoms with van der Waals surface area (Å²) in [5.74, 6) is 0.927. The summed E-state index contributed by atoms with van der Waals surface area (Å²) in [6.07, 6.45) is 1.27. The molecule has 4 aromatic rings. The second kappa shape index (κ2) is 15.0. The molecule has 2 aromatic carbocycles. The minimum Gasteiger partial charge on any atom is -0.473 e. The predicted molar refractivity (Wildman–Crippen MR) is 189 cm³/mol. The second-order valence-electron chi connectivity index (χ2n) is 13.6. The first-order valence-corrected chi connectivity index (χ1v) is 17.0. The van der Waals surface area contributed by atoms with E-state index < -0.39 is 11.7 Å². The zero-order valence-corrected chi connectivity index (χ0v) is 28.8. The molecule has 2 amide bonds.